The van der Waals surface area contributed by atoms with Crippen molar-refractivity contribution in [3.8, 4) is 0 Å². The average Bonchev–Trinajstić information content (AvgIpc) is 2.70. The Morgan fingerprint density at radius 3 is 2.15 bits per heavy atom. The molecule has 0 spiro atoms. The zero-order valence-electron chi connectivity index (χ0n) is 15.8. The van der Waals surface area contributed by atoms with Crippen LogP contribution in [0.2, 0.25) is 0 Å². The van der Waals surface area contributed by atoms with E-state index in [-0.39, 0.29) is 30.8 Å². The number of nitrogens with one attached hydrogen (secondary N) is 1. The molecule has 0 fully saturated rings. The number of hydrogen-bond acceptors (Lipinski definition) is 3. The number of nitrogens with zero attached hydrogens (tertiary/aromatic N) is 1. The highest BCUT2D eigenvalue weighted by molar-refractivity contribution is 5.86. The van der Waals surface area contributed by atoms with Crippen LogP contribution in [-0.2, 0) is 16.1 Å². The molecule has 0 aliphatic rings. The van der Waals surface area contributed by atoms with Crippen molar-refractivity contribution in [2.75, 3.05) is 13.1 Å². The Balaban J connectivity index is 0.00000364. The SMILES string of the molecule is CCN(Cc1ccccc1)C(=O)CNC(=O)C(C)C(N)c1ccccc1.Cl. The average molecular weight is 390 g/mol. The summed E-state index contributed by atoms with van der Waals surface area (Å²) in [6.07, 6.45) is 0. The molecule has 3 N–H and O–H groups in total. The molecule has 0 radical (unpaired) electrons. The Hall–Kier alpha value is -2.37. The fraction of sp³-hybridized carbons (Fsp3) is 0.333. The van der Waals surface area contributed by atoms with Crippen LogP contribution in [0.25, 0.3) is 0 Å². The van der Waals surface area contributed by atoms with Crippen molar-refractivity contribution in [3.05, 3.63) is 71.8 Å². The fourth-order valence-electron chi connectivity index (χ4n) is 2.74. The molecule has 5 nitrogen and oxygen atoms in total. The lowest BCUT2D eigenvalue weighted by atomic mass is 9.95. The van der Waals surface area contributed by atoms with E-state index in [1.807, 2.05) is 67.6 Å². The molecule has 146 valence electrons. The smallest absolute Gasteiger partial charge is 0.242 e. The van der Waals surface area contributed by atoms with Crippen LogP contribution in [-0.4, -0.2) is 29.8 Å². The summed E-state index contributed by atoms with van der Waals surface area (Å²) in [4.78, 5) is 26.5. The van der Waals surface area contributed by atoms with Crippen LogP contribution in [0.15, 0.2) is 60.7 Å². The van der Waals surface area contributed by atoms with Crippen molar-refractivity contribution >= 4 is 24.2 Å². The van der Waals surface area contributed by atoms with Gasteiger partial charge in [-0.15, -0.1) is 12.4 Å². The number of nitrogens with two attached hydrogens (primary N) is 1. The maximum absolute atomic E-state index is 12.4. The Labute approximate surface area is 167 Å². The van der Waals surface area contributed by atoms with Gasteiger partial charge in [-0.3, -0.25) is 9.59 Å². The Morgan fingerprint density at radius 2 is 1.59 bits per heavy atom. The molecule has 6 heteroatoms. The molecule has 2 unspecified atom stereocenters. The second-order valence-electron chi connectivity index (χ2n) is 6.34. The summed E-state index contributed by atoms with van der Waals surface area (Å²) in [6, 6.07) is 18.9. The van der Waals surface area contributed by atoms with Gasteiger partial charge >= 0.3 is 0 Å². The van der Waals surface area contributed by atoms with Crippen molar-refractivity contribution in [2.45, 2.75) is 26.4 Å². The van der Waals surface area contributed by atoms with Crippen molar-refractivity contribution < 1.29 is 9.59 Å². The Kier molecular flexibility index (Phi) is 9.54. The number of carbonyl (C=O) groups excluding carboxylic acids is 2. The van der Waals surface area contributed by atoms with E-state index in [4.69, 9.17) is 5.73 Å². The summed E-state index contributed by atoms with van der Waals surface area (Å²) in [7, 11) is 0. The molecular formula is C21H28ClN3O2. The molecule has 2 rings (SSSR count). The third-order valence-corrected chi connectivity index (χ3v) is 4.50. The molecular weight excluding hydrogens is 362 g/mol. The van der Waals surface area contributed by atoms with Gasteiger partial charge in [0, 0.05) is 19.1 Å². The summed E-state index contributed by atoms with van der Waals surface area (Å²) < 4.78 is 0. The molecule has 0 heterocycles. The van der Waals surface area contributed by atoms with E-state index in [0.717, 1.165) is 11.1 Å². The van der Waals surface area contributed by atoms with Gasteiger partial charge in [0.25, 0.3) is 0 Å². The van der Waals surface area contributed by atoms with Crippen LogP contribution in [0.5, 0.6) is 0 Å². The summed E-state index contributed by atoms with van der Waals surface area (Å²) in [5.41, 5.74) is 8.14. The van der Waals surface area contributed by atoms with Crippen molar-refractivity contribution in [1.29, 1.82) is 0 Å². The largest absolute Gasteiger partial charge is 0.347 e. The number of hydrogen-bond donors (Lipinski definition) is 2. The minimum Gasteiger partial charge on any atom is -0.347 e. The van der Waals surface area contributed by atoms with E-state index in [1.54, 1.807) is 11.8 Å². The van der Waals surface area contributed by atoms with Gasteiger partial charge in [0.1, 0.15) is 0 Å². The summed E-state index contributed by atoms with van der Waals surface area (Å²) in [6.45, 7) is 4.80. The molecule has 0 saturated heterocycles. The van der Waals surface area contributed by atoms with Crippen molar-refractivity contribution in [3.63, 3.8) is 0 Å². The fourth-order valence-corrected chi connectivity index (χ4v) is 2.74. The highest BCUT2D eigenvalue weighted by Gasteiger charge is 2.23. The predicted octanol–water partition coefficient (Wildman–Crippen LogP) is 2.91. The van der Waals surface area contributed by atoms with E-state index in [9.17, 15) is 9.59 Å². The monoisotopic (exact) mass is 389 g/mol. The first-order valence-electron chi connectivity index (χ1n) is 8.92. The molecule has 0 aromatic heterocycles. The molecule has 2 atom stereocenters. The molecule has 2 amide bonds. The van der Waals surface area contributed by atoms with E-state index in [1.165, 1.54) is 0 Å². The zero-order valence-corrected chi connectivity index (χ0v) is 16.6. The van der Waals surface area contributed by atoms with E-state index in [2.05, 4.69) is 5.32 Å². The van der Waals surface area contributed by atoms with Crippen LogP contribution in [0.4, 0.5) is 0 Å². The quantitative estimate of drug-likeness (QED) is 0.728. The van der Waals surface area contributed by atoms with Crippen LogP contribution < -0.4 is 11.1 Å². The molecule has 2 aromatic rings. The maximum atomic E-state index is 12.4. The van der Waals surface area contributed by atoms with Crippen molar-refractivity contribution in [1.82, 2.24) is 10.2 Å². The molecule has 0 aliphatic carbocycles. The molecule has 0 saturated carbocycles. The Morgan fingerprint density at radius 1 is 1.04 bits per heavy atom. The van der Waals surface area contributed by atoms with Gasteiger partial charge in [-0.05, 0) is 18.1 Å². The maximum Gasteiger partial charge on any atom is 0.242 e. The van der Waals surface area contributed by atoms with Crippen LogP contribution in [0.3, 0.4) is 0 Å². The number of halogens is 1. The van der Waals surface area contributed by atoms with E-state index in [0.29, 0.717) is 13.1 Å². The highest BCUT2D eigenvalue weighted by atomic mass is 35.5. The van der Waals surface area contributed by atoms with Gasteiger partial charge in [0.15, 0.2) is 0 Å². The molecule has 27 heavy (non-hydrogen) atoms. The predicted molar refractivity (Wildman–Crippen MR) is 110 cm³/mol. The first-order chi connectivity index (χ1) is 12.5. The number of rotatable bonds is 8. The highest BCUT2D eigenvalue weighted by Crippen LogP contribution is 2.18. The molecule has 2 aromatic carbocycles. The third-order valence-electron chi connectivity index (χ3n) is 4.50. The minimum absolute atomic E-state index is 0. The molecule has 0 bridgehead atoms. The lowest BCUT2D eigenvalue weighted by molar-refractivity contribution is -0.134. The van der Waals surface area contributed by atoms with Gasteiger partial charge in [-0.25, -0.2) is 0 Å². The van der Waals surface area contributed by atoms with Crippen LogP contribution in [0, 0.1) is 5.92 Å². The normalized spacial score (nSPS) is 12.4. The first-order valence-corrected chi connectivity index (χ1v) is 8.92. The third kappa shape index (κ3) is 6.70. The molecule has 0 aliphatic heterocycles. The number of likely N-dealkylation sites (N-methyl/N-ethyl adjacent to an activating group) is 1. The number of carbonyl (C=O) groups is 2. The van der Waals surface area contributed by atoms with Gasteiger partial charge < -0.3 is 16.0 Å². The van der Waals surface area contributed by atoms with Gasteiger partial charge in [-0.2, -0.15) is 0 Å². The topological polar surface area (TPSA) is 75.4 Å². The van der Waals surface area contributed by atoms with Crippen LogP contribution >= 0.6 is 12.4 Å². The van der Waals surface area contributed by atoms with E-state index < -0.39 is 12.0 Å². The lowest BCUT2D eigenvalue weighted by Gasteiger charge is -2.23. The number of amides is 2. The Bertz CT molecular complexity index is 696. The van der Waals surface area contributed by atoms with Gasteiger partial charge in [0.2, 0.25) is 11.8 Å². The van der Waals surface area contributed by atoms with Gasteiger partial charge in [-0.1, -0.05) is 67.6 Å². The van der Waals surface area contributed by atoms with E-state index >= 15 is 0 Å². The van der Waals surface area contributed by atoms with Crippen molar-refractivity contribution in [2.24, 2.45) is 11.7 Å². The summed E-state index contributed by atoms with van der Waals surface area (Å²) in [5.74, 6) is -0.745. The standard InChI is InChI=1S/C21H27N3O2.ClH/c1-3-24(15-17-10-6-4-7-11-17)19(25)14-23-21(26)16(2)20(22)18-12-8-5-9-13-18;/h4-13,16,20H,3,14-15,22H2,1-2H3,(H,23,26);1H. The van der Waals surface area contributed by atoms with Crippen LogP contribution in [0.1, 0.15) is 31.0 Å². The second-order valence-corrected chi connectivity index (χ2v) is 6.34. The summed E-state index contributed by atoms with van der Waals surface area (Å²) in [5, 5.41) is 2.72. The summed E-state index contributed by atoms with van der Waals surface area (Å²) >= 11 is 0. The first kappa shape index (κ1) is 22.7. The minimum atomic E-state index is -0.422. The van der Waals surface area contributed by atoms with Gasteiger partial charge in [0.05, 0.1) is 12.5 Å². The second kappa shape index (κ2) is 11.4. The zero-order chi connectivity index (χ0) is 18.9. The lowest BCUT2D eigenvalue weighted by Crippen LogP contribution is -2.43. The number of benzene rings is 2.